The second kappa shape index (κ2) is 5.83. The first-order valence-electron chi connectivity index (χ1n) is 7.59. The maximum Gasteiger partial charge on any atom is 0.254 e. The van der Waals surface area contributed by atoms with Crippen molar-refractivity contribution in [3.8, 4) is 5.75 Å². The number of rotatable bonds is 2. The van der Waals surface area contributed by atoms with Crippen LogP contribution in [0.4, 0.5) is 0 Å². The van der Waals surface area contributed by atoms with Crippen molar-refractivity contribution in [2.75, 3.05) is 13.1 Å². The van der Waals surface area contributed by atoms with Gasteiger partial charge in [0.25, 0.3) is 5.91 Å². The van der Waals surface area contributed by atoms with Crippen LogP contribution < -0.4 is 5.32 Å². The third-order valence-electron chi connectivity index (χ3n) is 4.49. The molecule has 2 unspecified atom stereocenters. The molecule has 2 fully saturated rings. The predicted molar refractivity (Wildman–Crippen MR) is 77.8 cm³/mol. The Balaban J connectivity index is 1.78. The van der Waals surface area contributed by atoms with E-state index >= 15 is 0 Å². The van der Waals surface area contributed by atoms with Gasteiger partial charge in [-0.15, -0.1) is 0 Å². The molecule has 4 heteroatoms. The average Bonchev–Trinajstić information content (AvgIpc) is 3.01. The number of amides is 1. The van der Waals surface area contributed by atoms with E-state index in [2.05, 4.69) is 5.32 Å². The zero-order chi connectivity index (χ0) is 13.9. The topological polar surface area (TPSA) is 52.6 Å². The number of phenolic OH excluding ortho intramolecular Hbond substituents is 1. The molecule has 3 rings (SSSR count). The molecule has 20 heavy (non-hydrogen) atoms. The molecule has 1 aromatic rings. The lowest BCUT2D eigenvalue weighted by Gasteiger charge is -2.39. The Kier molecular flexibility index (Phi) is 3.92. The fourth-order valence-electron chi connectivity index (χ4n) is 3.44. The van der Waals surface area contributed by atoms with Crippen LogP contribution in [0.15, 0.2) is 24.3 Å². The standard InChI is InChI=1S/C16H22N2O2/c19-13-8-6-12(7-9-13)16(20)18-11-2-1-5-15(18)14-4-3-10-17-14/h6-9,14-15,17,19H,1-5,10-11H2. The third kappa shape index (κ3) is 2.66. The Bertz CT molecular complexity index is 466. The van der Waals surface area contributed by atoms with Crippen LogP contribution in [-0.2, 0) is 0 Å². The molecular weight excluding hydrogens is 252 g/mol. The maximum absolute atomic E-state index is 12.7. The highest BCUT2D eigenvalue weighted by Gasteiger charge is 2.34. The summed E-state index contributed by atoms with van der Waals surface area (Å²) in [6.07, 6.45) is 5.78. The SMILES string of the molecule is O=C(c1ccc(O)cc1)N1CCCCC1C1CCCN1. The van der Waals surface area contributed by atoms with Gasteiger partial charge in [-0.3, -0.25) is 4.79 Å². The molecule has 108 valence electrons. The molecule has 0 saturated carbocycles. The minimum atomic E-state index is 0.100. The van der Waals surface area contributed by atoms with E-state index < -0.39 is 0 Å². The van der Waals surface area contributed by atoms with E-state index in [0.29, 0.717) is 17.6 Å². The largest absolute Gasteiger partial charge is 0.508 e. The number of likely N-dealkylation sites (tertiary alicyclic amines) is 1. The third-order valence-corrected chi connectivity index (χ3v) is 4.49. The van der Waals surface area contributed by atoms with Gasteiger partial charge in [0.15, 0.2) is 0 Å². The van der Waals surface area contributed by atoms with Crippen LogP contribution in [0.25, 0.3) is 0 Å². The van der Waals surface area contributed by atoms with E-state index in [0.717, 1.165) is 25.9 Å². The number of aromatic hydroxyl groups is 1. The Morgan fingerprint density at radius 3 is 2.65 bits per heavy atom. The highest BCUT2D eigenvalue weighted by molar-refractivity contribution is 5.94. The average molecular weight is 274 g/mol. The van der Waals surface area contributed by atoms with Crippen LogP contribution in [0, 0.1) is 0 Å². The van der Waals surface area contributed by atoms with E-state index in [1.54, 1.807) is 24.3 Å². The lowest BCUT2D eigenvalue weighted by molar-refractivity contribution is 0.0563. The van der Waals surface area contributed by atoms with Crippen LogP contribution in [0.5, 0.6) is 5.75 Å². The first-order chi connectivity index (χ1) is 9.75. The summed E-state index contributed by atoms with van der Waals surface area (Å²) in [4.78, 5) is 14.7. The summed E-state index contributed by atoms with van der Waals surface area (Å²) in [5.74, 6) is 0.303. The van der Waals surface area contributed by atoms with Crippen molar-refractivity contribution in [2.45, 2.75) is 44.2 Å². The van der Waals surface area contributed by atoms with Crippen LogP contribution in [0.2, 0.25) is 0 Å². The van der Waals surface area contributed by atoms with Gasteiger partial charge in [-0.2, -0.15) is 0 Å². The molecule has 2 atom stereocenters. The van der Waals surface area contributed by atoms with Crippen molar-refractivity contribution in [1.29, 1.82) is 0 Å². The number of hydrogen-bond acceptors (Lipinski definition) is 3. The summed E-state index contributed by atoms with van der Waals surface area (Å²) < 4.78 is 0. The van der Waals surface area contributed by atoms with E-state index in [9.17, 15) is 9.90 Å². The molecule has 0 aliphatic carbocycles. The number of hydrogen-bond donors (Lipinski definition) is 2. The van der Waals surface area contributed by atoms with E-state index in [1.807, 2.05) is 4.90 Å². The zero-order valence-electron chi connectivity index (χ0n) is 11.7. The van der Waals surface area contributed by atoms with Crippen molar-refractivity contribution in [1.82, 2.24) is 10.2 Å². The van der Waals surface area contributed by atoms with Gasteiger partial charge in [-0.05, 0) is 62.9 Å². The summed E-state index contributed by atoms with van der Waals surface area (Å²) in [5, 5.41) is 12.9. The Morgan fingerprint density at radius 2 is 1.95 bits per heavy atom. The number of phenols is 1. The predicted octanol–water partition coefficient (Wildman–Crippen LogP) is 2.14. The van der Waals surface area contributed by atoms with Gasteiger partial charge in [-0.1, -0.05) is 0 Å². The van der Waals surface area contributed by atoms with Crippen LogP contribution in [0.3, 0.4) is 0 Å². The number of benzene rings is 1. The van der Waals surface area contributed by atoms with Crippen LogP contribution in [0.1, 0.15) is 42.5 Å². The molecule has 0 spiro atoms. The fraction of sp³-hybridized carbons (Fsp3) is 0.562. The van der Waals surface area contributed by atoms with Crippen molar-refractivity contribution in [3.05, 3.63) is 29.8 Å². The van der Waals surface area contributed by atoms with Gasteiger partial charge in [0, 0.05) is 24.2 Å². The summed E-state index contributed by atoms with van der Waals surface area (Å²) >= 11 is 0. The second-order valence-corrected chi connectivity index (χ2v) is 5.81. The van der Waals surface area contributed by atoms with Gasteiger partial charge < -0.3 is 15.3 Å². The van der Waals surface area contributed by atoms with Crippen molar-refractivity contribution in [2.24, 2.45) is 0 Å². The van der Waals surface area contributed by atoms with Gasteiger partial charge in [-0.25, -0.2) is 0 Å². The molecule has 1 aromatic carbocycles. The molecule has 2 aliphatic rings. The van der Waals surface area contributed by atoms with Crippen LogP contribution >= 0.6 is 0 Å². The first kappa shape index (κ1) is 13.4. The first-order valence-corrected chi connectivity index (χ1v) is 7.59. The smallest absolute Gasteiger partial charge is 0.254 e. The van der Waals surface area contributed by atoms with Crippen LogP contribution in [-0.4, -0.2) is 41.1 Å². The number of carbonyl (C=O) groups is 1. The molecule has 0 radical (unpaired) electrons. The van der Waals surface area contributed by atoms with Gasteiger partial charge in [0.1, 0.15) is 5.75 Å². The highest BCUT2D eigenvalue weighted by atomic mass is 16.3. The maximum atomic E-state index is 12.7. The van der Waals surface area contributed by atoms with Gasteiger partial charge in [0.05, 0.1) is 0 Å². The van der Waals surface area contributed by atoms with E-state index in [4.69, 9.17) is 0 Å². The molecule has 2 heterocycles. The molecule has 1 amide bonds. The highest BCUT2D eigenvalue weighted by Crippen LogP contribution is 2.26. The molecule has 2 saturated heterocycles. The number of carbonyl (C=O) groups excluding carboxylic acids is 1. The number of piperidine rings is 1. The Labute approximate surface area is 119 Å². The van der Waals surface area contributed by atoms with Crippen molar-refractivity contribution >= 4 is 5.91 Å². The molecule has 0 aromatic heterocycles. The zero-order valence-corrected chi connectivity index (χ0v) is 11.7. The molecule has 2 N–H and O–H groups in total. The summed E-state index contributed by atoms with van der Waals surface area (Å²) in [7, 11) is 0. The molecular formula is C16H22N2O2. The molecule has 0 bridgehead atoms. The van der Waals surface area contributed by atoms with Crippen molar-refractivity contribution in [3.63, 3.8) is 0 Å². The van der Waals surface area contributed by atoms with E-state index in [1.165, 1.54) is 19.3 Å². The summed E-state index contributed by atoms with van der Waals surface area (Å²) in [5.41, 5.74) is 0.674. The minimum absolute atomic E-state index is 0.100. The Morgan fingerprint density at radius 1 is 1.15 bits per heavy atom. The quantitative estimate of drug-likeness (QED) is 0.868. The van der Waals surface area contributed by atoms with Gasteiger partial charge >= 0.3 is 0 Å². The lowest BCUT2D eigenvalue weighted by Crippen LogP contribution is -2.52. The molecule has 4 nitrogen and oxygen atoms in total. The van der Waals surface area contributed by atoms with Gasteiger partial charge in [0.2, 0.25) is 0 Å². The molecule has 2 aliphatic heterocycles. The Hall–Kier alpha value is -1.55. The van der Waals surface area contributed by atoms with E-state index in [-0.39, 0.29) is 11.7 Å². The lowest BCUT2D eigenvalue weighted by atomic mass is 9.93. The minimum Gasteiger partial charge on any atom is -0.508 e. The number of nitrogens with zero attached hydrogens (tertiary/aromatic N) is 1. The summed E-state index contributed by atoms with van der Waals surface area (Å²) in [6, 6.07) is 7.38. The monoisotopic (exact) mass is 274 g/mol. The normalized spacial score (nSPS) is 26.7. The van der Waals surface area contributed by atoms with Crippen molar-refractivity contribution < 1.29 is 9.90 Å². The number of nitrogens with one attached hydrogen (secondary N) is 1. The summed E-state index contributed by atoms with van der Waals surface area (Å²) in [6.45, 7) is 1.92. The fourth-order valence-corrected chi connectivity index (χ4v) is 3.44. The second-order valence-electron chi connectivity index (χ2n) is 5.81.